The maximum Gasteiger partial charge on any atom is 0.327 e. The minimum Gasteiger partial charge on any atom is -0.385 e. The number of anilines is 1. The van der Waals surface area contributed by atoms with Crippen LogP contribution in [0.1, 0.15) is 6.42 Å². The molecule has 6 nitrogen and oxygen atoms in total. The Morgan fingerprint density at radius 2 is 1.95 bits per heavy atom. The number of halogens is 1. The van der Waals surface area contributed by atoms with Crippen molar-refractivity contribution in [2.75, 3.05) is 45.4 Å². The number of nitro benzene ring substituents is 1. The molecule has 7 heteroatoms. The van der Waals surface area contributed by atoms with Crippen LogP contribution in [0, 0.1) is 15.9 Å². The van der Waals surface area contributed by atoms with Gasteiger partial charge in [0.15, 0.2) is 0 Å². The van der Waals surface area contributed by atoms with Gasteiger partial charge in [0.25, 0.3) is 0 Å². The largest absolute Gasteiger partial charge is 0.385 e. The number of ether oxygens (including phenoxy) is 2. The van der Waals surface area contributed by atoms with Crippen LogP contribution in [0.5, 0.6) is 0 Å². The van der Waals surface area contributed by atoms with Gasteiger partial charge in [-0.3, -0.25) is 10.1 Å². The van der Waals surface area contributed by atoms with Gasteiger partial charge in [-0.2, -0.15) is 4.39 Å². The minimum atomic E-state index is -0.832. The van der Waals surface area contributed by atoms with E-state index < -0.39 is 16.4 Å². The number of methoxy groups -OCH3 is 2. The lowest BCUT2D eigenvalue weighted by Gasteiger charge is -2.24. The van der Waals surface area contributed by atoms with Gasteiger partial charge in [0.05, 0.1) is 11.5 Å². The van der Waals surface area contributed by atoms with E-state index in [0.29, 0.717) is 32.7 Å². The van der Waals surface area contributed by atoms with Gasteiger partial charge < -0.3 is 14.4 Å². The van der Waals surface area contributed by atoms with Gasteiger partial charge in [0.2, 0.25) is 5.82 Å². The molecule has 0 saturated heterocycles. The van der Waals surface area contributed by atoms with Crippen molar-refractivity contribution in [3.63, 3.8) is 0 Å². The molecule has 0 heterocycles. The van der Waals surface area contributed by atoms with Gasteiger partial charge >= 0.3 is 5.69 Å². The highest BCUT2D eigenvalue weighted by atomic mass is 19.1. The number of hydrogen-bond acceptors (Lipinski definition) is 5. The second-order valence-corrected chi connectivity index (χ2v) is 4.19. The lowest BCUT2D eigenvalue weighted by atomic mass is 10.2. The first-order chi connectivity index (χ1) is 9.61. The number of rotatable bonds is 9. The maximum absolute atomic E-state index is 13.6. The topological polar surface area (TPSA) is 64.8 Å². The summed E-state index contributed by atoms with van der Waals surface area (Å²) in [6, 6.07) is 4.10. The van der Waals surface area contributed by atoms with Gasteiger partial charge in [-0.25, -0.2) is 0 Å². The second kappa shape index (κ2) is 8.44. The van der Waals surface area contributed by atoms with Crippen LogP contribution in [0.25, 0.3) is 0 Å². The summed E-state index contributed by atoms with van der Waals surface area (Å²) < 4.78 is 23.6. The molecule has 112 valence electrons. The van der Waals surface area contributed by atoms with Crippen LogP contribution < -0.4 is 4.90 Å². The molecule has 0 amide bonds. The summed E-state index contributed by atoms with van der Waals surface area (Å²) in [6.45, 7) is 1.92. The summed E-state index contributed by atoms with van der Waals surface area (Å²) >= 11 is 0. The molecule has 0 spiro atoms. The highest BCUT2D eigenvalue weighted by molar-refractivity contribution is 5.63. The molecule has 20 heavy (non-hydrogen) atoms. The third kappa shape index (κ3) is 4.43. The fourth-order valence-corrected chi connectivity index (χ4v) is 1.89. The first-order valence-electron chi connectivity index (χ1n) is 6.27. The van der Waals surface area contributed by atoms with Crippen LogP contribution in [0.15, 0.2) is 18.2 Å². The summed E-state index contributed by atoms with van der Waals surface area (Å²) in [5, 5.41) is 11.0. The van der Waals surface area contributed by atoms with E-state index in [9.17, 15) is 14.5 Å². The third-order valence-electron chi connectivity index (χ3n) is 2.83. The molecule has 0 radical (unpaired) electrons. The molecule has 0 aromatic heterocycles. The van der Waals surface area contributed by atoms with Gasteiger partial charge in [-0.1, -0.05) is 6.07 Å². The van der Waals surface area contributed by atoms with E-state index >= 15 is 0 Å². The maximum atomic E-state index is 13.6. The molecule has 0 unspecified atom stereocenters. The zero-order chi connectivity index (χ0) is 15.0. The van der Waals surface area contributed by atoms with E-state index in [4.69, 9.17) is 9.47 Å². The predicted octanol–water partition coefficient (Wildman–Crippen LogP) is 2.22. The molecule has 1 rings (SSSR count). The van der Waals surface area contributed by atoms with Crippen molar-refractivity contribution >= 4 is 11.4 Å². The fraction of sp³-hybridized carbons (Fsp3) is 0.538. The van der Waals surface area contributed by atoms with Gasteiger partial charge in [-0.05, 0) is 18.6 Å². The molecule has 1 aromatic carbocycles. The van der Waals surface area contributed by atoms with E-state index in [1.165, 1.54) is 6.07 Å². The molecule has 0 saturated carbocycles. The molecule has 1 aromatic rings. The van der Waals surface area contributed by atoms with Crippen molar-refractivity contribution in [3.05, 3.63) is 34.1 Å². The van der Waals surface area contributed by atoms with Crippen molar-refractivity contribution < 1.29 is 18.8 Å². The molecule has 0 N–H and O–H groups in total. The molecule has 0 aliphatic rings. The van der Waals surface area contributed by atoms with E-state index in [2.05, 4.69) is 0 Å². The first-order valence-corrected chi connectivity index (χ1v) is 6.27. The van der Waals surface area contributed by atoms with Gasteiger partial charge in [0.1, 0.15) is 5.69 Å². The smallest absolute Gasteiger partial charge is 0.327 e. The average Bonchev–Trinajstić information content (AvgIpc) is 2.42. The molecule has 0 aliphatic heterocycles. The van der Waals surface area contributed by atoms with E-state index in [0.717, 1.165) is 6.07 Å². The predicted molar refractivity (Wildman–Crippen MR) is 73.6 cm³/mol. The SMILES string of the molecule is COCCCN(CCOC)c1cccc(F)c1[N+](=O)[O-]. The Morgan fingerprint density at radius 3 is 2.55 bits per heavy atom. The molecule has 0 atom stereocenters. The van der Waals surface area contributed by atoms with Gasteiger partial charge in [-0.15, -0.1) is 0 Å². The summed E-state index contributed by atoms with van der Waals surface area (Å²) in [6.07, 6.45) is 0.688. The van der Waals surface area contributed by atoms with Crippen molar-refractivity contribution in [3.8, 4) is 0 Å². The Labute approximate surface area is 117 Å². The summed E-state index contributed by atoms with van der Waals surface area (Å²) in [5.41, 5.74) is -0.232. The van der Waals surface area contributed by atoms with Crippen molar-refractivity contribution in [2.45, 2.75) is 6.42 Å². The van der Waals surface area contributed by atoms with Crippen LogP contribution in [-0.4, -0.2) is 45.4 Å². The third-order valence-corrected chi connectivity index (χ3v) is 2.83. The van der Waals surface area contributed by atoms with Crippen molar-refractivity contribution in [1.29, 1.82) is 0 Å². The lowest BCUT2D eigenvalue weighted by molar-refractivity contribution is -0.386. The summed E-state index contributed by atoms with van der Waals surface area (Å²) in [7, 11) is 3.14. The minimum absolute atomic E-state index is 0.267. The number of nitrogens with zero attached hydrogens (tertiary/aromatic N) is 2. The Morgan fingerprint density at radius 1 is 1.25 bits per heavy atom. The Balaban J connectivity index is 2.99. The quantitative estimate of drug-likeness (QED) is 0.395. The van der Waals surface area contributed by atoms with Gasteiger partial charge in [0, 0.05) is 33.9 Å². The summed E-state index contributed by atoms with van der Waals surface area (Å²) in [5.74, 6) is -0.832. The second-order valence-electron chi connectivity index (χ2n) is 4.19. The number of nitro groups is 1. The van der Waals surface area contributed by atoms with Crippen LogP contribution >= 0.6 is 0 Å². The monoisotopic (exact) mass is 286 g/mol. The van der Waals surface area contributed by atoms with Crippen LogP contribution in [-0.2, 0) is 9.47 Å². The number of hydrogen-bond donors (Lipinski definition) is 0. The molecular formula is C13H19FN2O4. The van der Waals surface area contributed by atoms with Crippen LogP contribution in [0.2, 0.25) is 0 Å². The van der Waals surface area contributed by atoms with Crippen LogP contribution in [0.3, 0.4) is 0 Å². The normalized spacial score (nSPS) is 10.6. The standard InChI is InChI=1S/C13H19FN2O4/c1-19-9-4-7-15(8-10-20-2)12-6-3-5-11(14)13(12)16(17)18/h3,5-6H,4,7-10H2,1-2H3. The Bertz CT molecular complexity index is 442. The molecular weight excluding hydrogens is 267 g/mol. The fourth-order valence-electron chi connectivity index (χ4n) is 1.89. The zero-order valence-electron chi connectivity index (χ0n) is 11.7. The Hall–Kier alpha value is -1.73. The van der Waals surface area contributed by atoms with E-state index in [1.807, 2.05) is 0 Å². The average molecular weight is 286 g/mol. The Kier molecular flexibility index (Phi) is 6.89. The van der Waals surface area contributed by atoms with E-state index in [1.54, 1.807) is 25.2 Å². The zero-order valence-corrected chi connectivity index (χ0v) is 11.7. The van der Waals surface area contributed by atoms with Crippen molar-refractivity contribution in [1.82, 2.24) is 0 Å². The van der Waals surface area contributed by atoms with E-state index in [-0.39, 0.29) is 5.69 Å². The molecule has 0 fully saturated rings. The number of para-hydroxylation sites is 1. The van der Waals surface area contributed by atoms with Crippen molar-refractivity contribution in [2.24, 2.45) is 0 Å². The first kappa shape index (κ1) is 16.3. The lowest BCUT2D eigenvalue weighted by Crippen LogP contribution is -2.29. The highest BCUT2D eigenvalue weighted by Gasteiger charge is 2.23. The molecule has 0 bridgehead atoms. The van der Waals surface area contributed by atoms with Crippen LogP contribution in [0.4, 0.5) is 15.8 Å². The summed E-state index contributed by atoms with van der Waals surface area (Å²) in [4.78, 5) is 12.1. The number of benzene rings is 1. The highest BCUT2D eigenvalue weighted by Crippen LogP contribution is 2.30. The molecule has 0 aliphatic carbocycles.